The van der Waals surface area contributed by atoms with E-state index in [4.69, 9.17) is 0 Å². The van der Waals surface area contributed by atoms with E-state index in [-0.39, 0.29) is 5.41 Å². The fraction of sp³-hybridized carbons (Fsp3) is 0.380. The second-order valence-electron chi connectivity index (χ2n) is 15.5. The van der Waals surface area contributed by atoms with Crippen molar-refractivity contribution in [2.45, 2.75) is 121 Å². The zero-order valence-corrected chi connectivity index (χ0v) is 31.3. The number of aryl methyl sites for hydroxylation is 1. The van der Waals surface area contributed by atoms with E-state index in [0.29, 0.717) is 5.56 Å². The van der Waals surface area contributed by atoms with Crippen molar-refractivity contribution >= 4 is 6.29 Å². The highest BCUT2D eigenvalue weighted by atomic mass is 16.1. The molecule has 7 rings (SSSR count). The molecule has 51 heavy (non-hydrogen) atoms. The first-order valence-electron chi connectivity index (χ1n) is 20.1. The minimum absolute atomic E-state index is 0.0258. The van der Waals surface area contributed by atoms with E-state index in [1.54, 1.807) is 11.1 Å². The molecule has 5 aromatic rings. The van der Waals surface area contributed by atoms with Crippen LogP contribution in [0, 0.1) is 6.92 Å². The van der Waals surface area contributed by atoms with E-state index >= 15 is 0 Å². The maximum Gasteiger partial charge on any atom is 0.150 e. The molecule has 0 spiro atoms. The van der Waals surface area contributed by atoms with Crippen LogP contribution in [0.3, 0.4) is 0 Å². The number of hydrogen-bond acceptors (Lipinski definition) is 1. The van der Waals surface area contributed by atoms with Gasteiger partial charge < -0.3 is 0 Å². The predicted octanol–water partition coefficient (Wildman–Crippen LogP) is 13.9. The molecule has 1 unspecified atom stereocenters. The summed E-state index contributed by atoms with van der Waals surface area (Å²) >= 11 is 0. The van der Waals surface area contributed by atoms with Crippen LogP contribution in [0.1, 0.15) is 153 Å². The number of carbonyl (C=O) groups is 1. The highest BCUT2D eigenvalue weighted by Crippen LogP contribution is 2.61. The van der Waals surface area contributed by atoms with Gasteiger partial charge in [0.2, 0.25) is 0 Å². The number of aldehydes is 1. The predicted molar refractivity (Wildman–Crippen MR) is 216 cm³/mol. The van der Waals surface area contributed by atoms with Gasteiger partial charge in [0.05, 0.1) is 5.41 Å². The van der Waals surface area contributed by atoms with Gasteiger partial charge in [-0.25, -0.2) is 0 Å². The third-order valence-electron chi connectivity index (χ3n) is 12.3. The normalized spacial score (nSPS) is 16.4. The summed E-state index contributed by atoms with van der Waals surface area (Å²) < 4.78 is 0. The molecule has 0 aliphatic heterocycles. The first kappa shape index (κ1) is 35.2. The molecule has 262 valence electrons. The van der Waals surface area contributed by atoms with E-state index in [9.17, 15) is 4.79 Å². The van der Waals surface area contributed by atoms with Crippen molar-refractivity contribution in [2.24, 2.45) is 0 Å². The van der Waals surface area contributed by atoms with Crippen molar-refractivity contribution in [3.63, 3.8) is 0 Å². The number of benzene rings is 5. The fourth-order valence-electron chi connectivity index (χ4n) is 9.74. The molecule has 0 heterocycles. The quantitative estimate of drug-likeness (QED) is 0.0696. The minimum atomic E-state index is -0.535. The lowest BCUT2D eigenvalue weighted by molar-refractivity contribution is 0.112. The summed E-state index contributed by atoms with van der Waals surface area (Å²) in [6, 6.07) is 41.2. The maximum atomic E-state index is 12.2. The van der Waals surface area contributed by atoms with E-state index in [1.165, 1.54) is 134 Å². The van der Waals surface area contributed by atoms with Crippen LogP contribution in [0.5, 0.6) is 0 Å². The molecule has 0 radical (unpaired) electrons. The second kappa shape index (κ2) is 15.6. The standard InChI is InChI=1S/C50H56O/c1-4-6-8-10-12-18-31-49(32-19-13-11-9-7-5-2)45-25-16-14-23-41(45)43-35-48-44(34-47(43)49)42-24-15-17-26-46(42)50(48,39-29-27-37(3)28-30-39)40-22-20-21-38(33-40)36-51/h14-17,20-30,33-36H,4-13,18-19,31-32H2,1-3H3. The van der Waals surface area contributed by atoms with E-state index in [1.807, 2.05) is 6.07 Å². The summed E-state index contributed by atoms with van der Waals surface area (Å²) in [5.74, 6) is 0. The molecule has 2 aliphatic rings. The monoisotopic (exact) mass is 672 g/mol. The maximum absolute atomic E-state index is 12.2. The van der Waals surface area contributed by atoms with Crippen molar-refractivity contribution in [3.05, 3.63) is 154 Å². The van der Waals surface area contributed by atoms with Gasteiger partial charge in [-0.2, -0.15) is 0 Å². The molecular formula is C50H56O. The Balaban J connectivity index is 1.43. The van der Waals surface area contributed by atoms with Gasteiger partial charge in [-0.1, -0.05) is 187 Å². The van der Waals surface area contributed by atoms with Gasteiger partial charge in [-0.05, 0) is 93.6 Å². The van der Waals surface area contributed by atoms with Crippen molar-refractivity contribution < 1.29 is 4.79 Å². The van der Waals surface area contributed by atoms with Crippen molar-refractivity contribution in [2.75, 3.05) is 0 Å². The molecule has 0 amide bonds. The van der Waals surface area contributed by atoms with E-state index in [2.05, 4.69) is 124 Å². The van der Waals surface area contributed by atoms with Crippen molar-refractivity contribution in [1.82, 2.24) is 0 Å². The summed E-state index contributed by atoms with van der Waals surface area (Å²) in [5.41, 5.74) is 15.1. The van der Waals surface area contributed by atoms with E-state index in [0.717, 1.165) is 11.8 Å². The molecular weight excluding hydrogens is 617 g/mol. The Morgan fingerprint density at radius 3 is 1.67 bits per heavy atom. The molecule has 1 heteroatoms. The van der Waals surface area contributed by atoms with Crippen LogP contribution >= 0.6 is 0 Å². The van der Waals surface area contributed by atoms with E-state index < -0.39 is 5.41 Å². The molecule has 0 bridgehead atoms. The lowest BCUT2D eigenvalue weighted by Gasteiger charge is -2.35. The first-order valence-corrected chi connectivity index (χ1v) is 20.1. The van der Waals surface area contributed by atoms with Gasteiger partial charge in [0.1, 0.15) is 6.29 Å². The third kappa shape index (κ3) is 6.32. The molecule has 5 aromatic carbocycles. The molecule has 0 N–H and O–H groups in total. The van der Waals surface area contributed by atoms with Gasteiger partial charge in [0, 0.05) is 11.0 Å². The fourth-order valence-corrected chi connectivity index (χ4v) is 9.74. The number of carbonyl (C=O) groups excluding carboxylic acids is 1. The number of rotatable bonds is 17. The topological polar surface area (TPSA) is 17.1 Å². The molecule has 0 saturated heterocycles. The Labute approximate surface area is 307 Å². The van der Waals surface area contributed by atoms with Crippen LogP contribution in [0.25, 0.3) is 22.3 Å². The lowest BCUT2D eigenvalue weighted by Crippen LogP contribution is -2.29. The summed E-state index contributed by atoms with van der Waals surface area (Å²) in [4.78, 5) is 12.2. The Morgan fingerprint density at radius 2 is 1.02 bits per heavy atom. The van der Waals surface area contributed by atoms with Gasteiger partial charge in [0.15, 0.2) is 0 Å². The van der Waals surface area contributed by atoms with Crippen LogP contribution in [0.2, 0.25) is 0 Å². The van der Waals surface area contributed by atoms with Gasteiger partial charge in [0.25, 0.3) is 0 Å². The average molecular weight is 673 g/mol. The van der Waals surface area contributed by atoms with Crippen molar-refractivity contribution in [1.29, 1.82) is 0 Å². The SMILES string of the molecule is CCCCCCCCC1(CCCCCCCC)c2ccccc2-c2cc3c(cc21)-c1ccccc1C3(c1ccc(C)cc1)c1cccc(C=O)c1. The number of unbranched alkanes of at least 4 members (excludes halogenated alkanes) is 10. The number of hydrogen-bond donors (Lipinski definition) is 0. The Kier molecular flexibility index (Phi) is 10.7. The summed E-state index contributed by atoms with van der Waals surface area (Å²) in [6.45, 7) is 6.78. The van der Waals surface area contributed by atoms with Crippen LogP contribution in [-0.2, 0) is 10.8 Å². The molecule has 1 atom stereocenters. The average Bonchev–Trinajstić information content (AvgIpc) is 3.61. The van der Waals surface area contributed by atoms with Crippen LogP contribution in [0.4, 0.5) is 0 Å². The highest BCUT2D eigenvalue weighted by molar-refractivity contribution is 5.93. The zero-order valence-electron chi connectivity index (χ0n) is 31.3. The molecule has 0 saturated carbocycles. The van der Waals surface area contributed by atoms with Crippen LogP contribution in [0.15, 0.2) is 109 Å². The smallest absolute Gasteiger partial charge is 0.150 e. The van der Waals surface area contributed by atoms with Crippen LogP contribution in [-0.4, -0.2) is 6.29 Å². The lowest BCUT2D eigenvalue weighted by atomic mass is 9.66. The van der Waals surface area contributed by atoms with Gasteiger partial charge >= 0.3 is 0 Å². The van der Waals surface area contributed by atoms with Crippen molar-refractivity contribution in [3.8, 4) is 22.3 Å². The first-order chi connectivity index (χ1) is 25.1. The summed E-state index contributed by atoms with van der Waals surface area (Å²) in [5, 5.41) is 0. The second-order valence-corrected chi connectivity index (χ2v) is 15.5. The van der Waals surface area contributed by atoms with Gasteiger partial charge in [-0.3, -0.25) is 4.79 Å². The minimum Gasteiger partial charge on any atom is -0.298 e. The molecule has 1 nitrogen and oxygen atoms in total. The Bertz CT molecular complexity index is 1950. The summed E-state index contributed by atoms with van der Waals surface area (Å²) in [7, 11) is 0. The highest BCUT2D eigenvalue weighted by Gasteiger charge is 2.49. The molecule has 0 fully saturated rings. The Morgan fingerprint density at radius 1 is 0.471 bits per heavy atom. The van der Waals surface area contributed by atoms with Gasteiger partial charge in [-0.15, -0.1) is 0 Å². The largest absolute Gasteiger partial charge is 0.298 e. The Hall–Kier alpha value is -4.23. The molecule has 2 aliphatic carbocycles. The zero-order chi connectivity index (χ0) is 35.3. The summed E-state index contributed by atoms with van der Waals surface area (Å²) in [6.07, 6.45) is 19.2. The molecule has 0 aromatic heterocycles. The number of fused-ring (bicyclic) bond motifs is 6. The third-order valence-corrected chi connectivity index (χ3v) is 12.3. The van der Waals surface area contributed by atoms with Crippen LogP contribution < -0.4 is 0 Å².